The Morgan fingerprint density at radius 3 is 2.72 bits per heavy atom. The number of hydrogen-bond acceptors (Lipinski definition) is 2. The molecule has 2 aromatic rings. The Morgan fingerprint density at radius 1 is 1.22 bits per heavy atom. The molecule has 0 aliphatic heterocycles. The molecule has 0 saturated heterocycles. The van der Waals surface area contributed by atoms with Crippen molar-refractivity contribution in [1.29, 1.82) is 0 Å². The van der Waals surface area contributed by atoms with Crippen LogP contribution in [0.4, 0.5) is 4.39 Å². The van der Waals surface area contributed by atoms with Gasteiger partial charge in [-0.15, -0.1) is 0 Å². The molecule has 0 spiro atoms. The summed E-state index contributed by atoms with van der Waals surface area (Å²) < 4.78 is 14.4. The lowest BCUT2D eigenvalue weighted by Crippen LogP contribution is -2.26. The van der Waals surface area contributed by atoms with Gasteiger partial charge < -0.3 is 5.73 Å². The third kappa shape index (κ3) is 3.62. The van der Waals surface area contributed by atoms with Crippen LogP contribution in [-0.4, -0.2) is 11.0 Å². The molecule has 18 heavy (non-hydrogen) atoms. The molecule has 0 bridgehead atoms. The van der Waals surface area contributed by atoms with E-state index in [0.29, 0.717) is 18.4 Å². The van der Waals surface area contributed by atoms with Crippen LogP contribution in [0.25, 0.3) is 0 Å². The molecule has 94 valence electrons. The molecule has 2 N–H and O–H groups in total. The zero-order chi connectivity index (χ0) is 13.0. The molecule has 1 unspecified atom stereocenters. The van der Waals surface area contributed by atoms with Gasteiger partial charge in [0.05, 0.1) is 0 Å². The van der Waals surface area contributed by atoms with Gasteiger partial charge in [0.25, 0.3) is 0 Å². The molecular weight excluding hydrogens is 295 g/mol. The van der Waals surface area contributed by atoms with Gasteiger partial charge in [0.15, 0.2) is 0 Å². The molecule has 0 aliphatic rings. The maximum absolute atomic E-state index is 13.5. The zero-order valence-electron chi connectivity index (χ0n) is 9.81. The van der Waals surface area contributed by atoms with Gasteiger partial charge in [-0.2, -0.15) is 0 Å². The molecule has 0 saturated carbocycles. The molecule has 0 aliphatic carbocycles. The first-order chi connectivity index (χ1) is 8.65. The lowest BCUT2D eigenvalue weighted by atomic mass is 10.0. The predicted octanol–water partition coefficient (Wildman–Crippen LogP) is 3.10. The van der Waals surface area contributed by atoms with E-state index < -0.39 is 0 Å². The topological polar surface area (TPSA) is 38.9 Å². The fourth-order valence-electron chi connectivity index (χ4n) is 1.89. The van der Waals surface area contributed by atoms with Gasteiger partial charge in [-0.3, -0.25) is 4.98 Å². The largest absolute Gasteiger partial charge is 0.327 e. The molecule has 1 heterocycles. The SMILES string of the molecule is NC(Cc1cncc(Br)c1)Cc1ccccc1F. The van der Waals surface area contributed by atoms with Crippen molar-refractivity contribution in [2.75, 3.05) is 0 Å². The Hall–Kier alpha value is -1.26. The summed E-state index contributed by atoms with van der Waals surface area (Å²) in [6, 6.07) is 8.61. The van der Waals surface area contributed by atoms with Crippen LogP contribution in [0.1, 0.15) is 11.1 Å². The van der Waals surface area contributed by atoms with E-state index in [9.17, 15) is 4.39 Å². The number of aromatic nitrogens is 1. The van der Waals surface area contributed by atoms with Gasteiger partial charge in [0, 0.05) is 22.9 Å². The quantitative estimate of drug-likeness (QED) is 0.942. The van der Waals surface area contributed by atoms with Crippen molar-refractivity contribution in [3.63, 3.8) is 0 Å². The van der Waals surface area contributed by atoms with Gasteiger partial charge in [0.2, 0.25) is 0 Å². The Balaban J connectivity index is 2.01. The average Bonchev–Trinajstić information content (AvgIpc) is 2.32. The van der Waals surface area contributed by atoms with Gasteiger partial charge in [0.1, 0.15) is 5.82 Å². The van der Waals surface area contributed by atoms with Crippen molar-refractivity contribution in [3.05, 3.63) is 64.1 Å². The van der Waals surface area contributed by atoms with Crippen LogP contribution in [-0.2, 0) is 12.8 Å². The Morgan fingerprint density at radius 2 is 2.00 bits per heavy atom. The summed E-state index contributed by atoms with van der Waals surface area (Å²) in [5, 5.41) is 0. The summed E-state index contributed by atoms with van der Waals surface area (Å²) in [5.41, 5.74) is 7.76. The first-order valence-corrected chi connectivity index (χ1v) is 6.53. The molecular formula is C14H14BrFN2. The molecule has 0 amide bonds. The molecule has 2 nitrogen and oxygen atoms in total. The molecule has 0 radical (unpaired) electrons. The van der Waals surface area contributed by atoms with Crippen molar-refractivity contribution in [1.82, 2.24) is 4.98 Å². The lowest BCUT2D eigenvalue weighted by molar-refractivity contribution is 0.583. The number of pyridine rings is 1. The van der Waals surface area contributed by atoms with Crippen LogP contribution >= 0.6 is 15.9 Å². The third-order valence-electron chi connectivity index (χ3n) is 2.70. The van der Waals surface area contributed by atoms with Crippen molar-refractivity contribution >= 4 is 15.9 Å². The van der Waals surface area contributed by atoms with E-state index >= 15 is 0 Å². The summed E-state index contributed by atoms with van der Waals surface area (Å²) in [4.78, 5) is 4.09. The number of hydrogen-bond donors (Lipinski definition) is 1. The minimum atomic E-state index is -0.194. The van der Waals surface area contributed by atoms with Crippen LogP contribution in [0, 0.1) is 5.82 Å². The third-order valence-corrected chi connectivity index (χ3v) is 3.13. The highest BCUT2D eigenvalue weighted by Gasteiger charge is 2.09. The van der Waals surface area contributed by atoms with Crippen LogP contribution in [0.3, 0.4) is 0 Å². The number of nitrogens with two attached hydrogens (primary N) is 1. The number of nitrogens with zero attached hydrogens (tertiary/aromatic N) is 1. The summed E-state index contributed by atoms with van der Waals surface area (Å²) in [7, 11) is 0. The van der Waals surface area contributed by atoms with E-state index in [0.717, 1.165) is 10.0 Å². The van der Waals surface area contributed by atoms with Crippen molar-refractivity contribution in [2.45, 2.75) is 18.9 Å². The van der Waals surface area contributed by atoms with Crippen molar-refractivity contribution in [3.8, 4) is 0 Å². The van der Waals surface area contributed by atoms with E-state index in [4.69, 9.17) is 5.73 Å². The van der Waals surface area contributed by atoms with Crippen molar-refractivity contribution < 1.29 is 4.39 Å². The average molecular weight is 309 g/mol. The Kier molecular flexibility index (Phi) is 4.44. The molecule has 1 aromatic carbocycles. The molecule has 4 heteroatoms. The number of benzene rings is 1. The minimum absolute atomic E-state index is 0.113. The normalized spacial score (nSPS) is 12.4. The fourth-order valence-corrected chi connectivity index (χ4v) is 2.30. The molecule has 0 fully saturated rings. The first kappa shape index (κ1) is 13.2. The van der Waals surface area contributed by atoms with Crippen LogP contribution < -0.4 is 5.73 Å². The second-order valence-electron chi connectivity index (χ2n) is 4.27. The summed E-state index contributed by atoms with van der Waals surface area (Å²) in [6.45, 7) is 0. The predicted molar refractivity (Wildman–Crippen MR) is 73.7 cm³/mol. The Labute approximate surface area is 114 Å². The lowest BCUT2D eigenvalue weighted by Gasteiger charge is -2.12. The Bertz CT molecular complexity index is 531. The smallest absolute Gasteiger partial charge is 0.126 e. The summed E-state index contributed by atoms with van der Waals surface area (Å²) in [5.74, 6) is -0.194. The summed E-state index contributed by atoms with van der Waals surface area (Å²) in [6.07, 6.45) is 4.72. The van der Waals surface area contributed by atoms with E-state index in [1.54, 1.807) is 24.5 Å². The van der Waals surface area contributed by atoms with Crippen LogP contribution in [0.5, 0.6) is 0 Å². The summed E-state index contributed by atoms with van der Waals surface area (Å²) >= 11 is 3.37. The monoisotopic (exact) mass is 308 g/mol. The van der Waals surface area contributed by atoms with E-state index in [1.165, 1.54) is 6.07 Å². The van der Waals surface area contributed by atoms with Crippen LogP contribution in [0.2, 0.25) is 0 Å². The fraction of sp³-hybridized carbons (Fsp3) is 0.214. The number of rotatable bonds is 4. The zero-order valence-corrected chi connectivity index (χ0v) is 11.4. The standard InChI is InChI=1S/C14H14BrFN2/c15-12-5-10(8-18-9-12)6-13(17)7-11-3-1-2-4-14(11)16/h1-5,8-9,13H,6-7,17H2. The highest BCUT2D eigenvalue weighted by molar-refractivity contribution is 9.10. The maximum atomic E-state index is 13.5. The van der Waals surface area contributed by atoms with Gasteiger partial charge >= 0.3 is 0 Å². The first-order valence-electron chi connectivity index (χ1n) is 5.73. The van der Waals surface area contributed by atoms with Crippen molar-refractivity contribution in [2.24, 2.45) is 5.73 Å². The second-order valence-corrected chi connectivity index (χ2v) is 5.19. The van der Waals surface area contributed by atoms with Crippen LogP contribution in [0.15, 0.2) is 47.2 Å². The van der Waals surface area contributed by atoms with E-state index in [2.05, 4.69) is 20.9 Å². The molecule has 2 rings (SSSR count). The van der Waals surface area contributed by atoms with Gasteiger partial charge in [-0.1, -0.05) is 18.2 Å². The minimum Gasteiger partial charge on any atom is -0.327 e. The second kappa shape index (κ2) is 6.07. The number of halogens is 2. The van der Waals surface area contributed by atoms with Gasteiger partial charge in [-0.05, 0) is 52.0 Å². The maximum Gasteiger partial charge on any atom is 0.126 e. The molecule has 1 aromatic heterocycles. The van der Waals surface area contributed by atoms with E-state index in [1.807, 2.05) is 12.1 Å². The van der Waals surface area contributed by atoms with Gasteiger partial charge in [-0.25, -0.2) is 4.39 Å². The highest BCUT2D eigenvalue weighted by atomic mass is 79.9. The molecule has 1 atom stereocenters. The highest BCUT2D eigenvalue weighted by Crippen LogP contribution is 2.13. The van der Waals surface area contributed by atoms with E-state index in [-0.39, 0.29) is 11.9 Å².